The number of benzene rings is 2. The zero-order valence-electron chi connectivity index (χ0n) is 18.9. The van der Waals surface area contributed by atoms with Crippen molar-refractivity contribution in [1.29, 1.82) is 0 Å². The fraction of sp³-hybridized carbons (Fsp3) is 0.423. The van der Waals surface area contributed by atoms with Crippen LogP contribution in [0.5, 0.6) is 0 Å². The summed E-state index contributed by atoms with van der Waals surface area (Å²) in [5.41, 5.74) is 4.07. The first-order valence-electron chi connectivity index (χ1n) is 11.4. The quantitative estimate of drug-likeness (QED) is 0.627. The number of rotatable bonds is 5. The summed E-state index contributed by atoms with van der Waals surface area (Å²) in [4.78, 5) is 16.2. The highest BCUT2D eigenvalue weighted by Gasteiger charge is 2.30. The highest BCUT2D eigenvalue weighted by Crippen LogP contribution is 2.36. The van der Waals surface area contributed by atoms with E-state index in [1.807, 2.05) is 6.07 Å². The van der Waals surface area contributed by atoms with Gasteiger partial charge in [0.25, 0.3) is 0 Å². The molecule has 4 rings (SSSR count). The largest absolute Gasteiger partial charge is 0.416 e. The van der Waals surface area contributed by atoms with Crippen molar-refractivity contribution in [3.63, 3.8) is 0 Å². The summed E-state index contributed by atoms with van der Waals surface area (Å²) in [5.74, 6) is 0.458. The van der Waals surface area contributed by atoms with E-state index in [4.69, 9.17) is 0 Å². The lowest BCUT2D eigenvalue weighted by molar-refractivity contribution is -0.137. The van der Waals surface area contributed by atoms with E-state index in [1.165, 1.54) is 23.8 Å². The summed E-state index contributed by atoms with van der Waals surface area (Å²) in [6.45, 7) is 7.67. The topological polar surface area (TPSA) is 35.6 Å². The standard InChI is InChI=1S/C26H30F3N3O/c1-3-25(33)32-13-10-20-15-24(30-16-18-8-11-31(2)12-9-18)23(14-21(20)17-32)19-4-6-22(7-5-19)26(27,28)29/h3-7,14-15,18,30H,1,8-13,16-17H2,2H3. The minimum Gasteiger partial charge on any atom is -0.384 e. The van der Waals surface area contributed by atoms with Crippen LogP contribution in [0.4, 0.5) is 18.9 Å². The van der Waals surface area contributed by atoms with Crippen molar-refractivity contribution in [2.24, 2.45) is 5.92 Å². The molecule has 0 radical (unpaired) electrons. The number of carbonyl (C=O) groups excluding carboxylic acids is 1. The number of halogens is 3. The van der Waals surface area contributed by atoms with Gasteiger partial charge in [0.1, 0.15) is 0 Å². The van der Waals surface area contributed by atoms with Crippen LogP contribution in [0, 0.1) is 5.92 Å². The molecular weight excluding hydrogens is 427 g/mol. The molecule has 1 saturated heterocycles. The number of carbonyl (C=O) groups is 1. The second-order valence-corrected chi connectivity index (χ2v) is 9.08. The van der Waals surface area contributed by atoms with Gasteiger partial charge in [-0.2, -0.15) is 13.2 Å². The number of anilines is 1. The van der Waals surface area contributed by atoms with Gasteiger partial charge in [0, 0.05) is 30.9 Å². The third-order valence-electron chi connectivity index (χ3n) is 6.78. The van der Waals surface area contributed by atoms with Crippen LogP contribution in [-0.2, 0) is 23.9 Å². The van der Waals surface area contributed by atoms with Crippen molar-refractivity contribution in [1.82, 2.24) is 9.80 Å². The average molecular weight is 458 g/mol. The van der Waals surface area contributed by atoms with Gasteiger partial charge in [-0.3, -0.25) is 4.79 Å². The number of amides is 1. The fourth-order valence-electron chi connectivity index (χ4n) is 4.67. The van der Waals surface area contributed by atoms with Crippen molar-refractivity contribution >= 4 is 11.6 Å². The molecule has 2 aromatic rings. The first-order chi connectivity index (χ1) is 15.7. The Kier molecular flexibility index (Phi) is 6.79. The van der Waals surface area contributed by atoms with E-state index in [2.05, 4.69) is 29.9 Å². The number of nitrogens with one attached hydrogen (secondary N) is 1. The first kappa shape index (κ1) is 23.4. The van der Waals surface area contributed by atoms with Crippen molar-refractivity contribution in [2.75, 3.05) is 38.5 Å². The van der Waals surface area contributed by atoms with Crippen LogP contribution in [0.2, 0.25) is 0 Å². The molecule has 33 heavy (non-hydrogen) atoms. The number of hydrogen-bond acceptors (Lipinski definition) is 3. The van der Waals surface area contributed by atoms with E-state index in [1.54, 1.807) is 4.90 Å². The monoisotopic (exact) mass is 457 g/mol. The van der Waals surface area contributed by atoms with Crippen LogP contribution >= 0.6 is 0 Å². The Balaban J connectivity index is 1.64. The molecule has 2 aliphatic rings. The smallest absolute Gasteiger partial charge is 0.384 e. The molecule has 4 nitrogen and oxygen atoms in total. The van der Waals surface area contributed by atoms with Crippen LogP contribution in [-0.4, -0.2) is 48.9 Å². The van der Waals surface area contributed by atoms with Crippen LogP contribution in [0.15, 0.2) is 49.1 Å². The maximum atomic E-state index is 13.1. The molecule has 176 valence electrons. The van der Waals surface area contributed by atoms with Gasteiger partial charge < -0.3 is 15.1 Å². The third kappa shape index (κ3) is 5.41. The lowest BCUT2D eigenvalue weighted by Gasteiger charge is -2.31. The van der Waals surface area contributed by atoms with Gasteiger partial charge in [0.15, 0.2) is 0 Å². The van der Waals surface area contributed by atoms with Crippen molar-refractivity contribution in [3.05, 3.63) is 65.7 Å². The normalized spacial score (nSPS) is 17.5. The van der Waals surface area contributed by atoms with E-state index >= 15 is 0 Å². The summed E-state index contributed by atoms with van der Waals surface area (Å²) in [6, 6.07) is 9.46. The molecular formula is C26H30F3N3O. The third-order valence-corrected chi connectivity index (χ3v) is 6.78. The van der Waals surface area contributed by atoms with E-state index in [0.717, 1.165) is 73.4 Å². The van der Waals surface area contributed by atoms with Gasteiger partial charge in [-0.25, -0.2) is 0 Å². The Morgan fingerprint density at radius 2 is 1.82 bits per heavy atom. The Morgan fingerprint density at radius 1 is 1.12 bits per heavy atom. The molecule has 2 aliphatic heterocycles. The minimum atomic E-state index is -4.37. The minimum absolute atomic E-state index is 0.110. The van der Waals surface area contributed by atoms with Crippen molar-refractivity contribution in [2.45, 2.75) is 32.0 Å². The van der Waals surface area contributed by atoms with Crippen molar-refractivity contribution in [3.8, 4) is 11.1 Å². The zero-order valence-corrected chi connectivity index (χ0v) is 18.9. The van der Waals surface area contributed by atoms with Crippen LogP contribution < -0.4 is 5.32 Å². The Labute approximate surface area is 193 Å². The van der Waals surface area contributed by atoms with Crippen molar-refractivity contribution < 1.29 is 18.0 Å². The molecule has 0 unspecified atom stereocenters. The zero-order chi connectivity index (χ0) is 23.6. The Morgan fingerprint density at radius 3 is 2.45 bits per heavy atom. The number of hydrogen-bond donors (Lipinski definition) is 1. The predicted molar refractivity (Wildman–Crippen MR) is 125 cm³/mol. The molecule has 1 N–H and O–H groups in total. The number of alkyl halides is 3. The number of piperidine rings is 1. The lowest BCUT2D eigenvalue weighted by Crippen LogP contribution is -2.35. The number of fused-ring (bicyclic) bond motifs is 1. The maximum absolute atomic E-state index is 13.1. The highest BCUT2D eigenvalue weighted by atomic mass is 19.4. The summed E-state index contributed by atoms with van der Waals surface area (Å²) >= 11 is 0. The first-order valence-corrected chi connectivity index (χ1v) is 11.4. The summed E-state index contributed by atoms with van der Waals surface area (Å²) in [6.07, 6.45) is -0.0507. The summed E-state index contributed by atoms with van der Waals surface area (Å²) < 4.78 is 39.2. The molecule has 1 fully saturated rings. The molecule has 0 saturated carbocycles. The number of nitrogens with zero attached hydrogens (tertiary/aromatic N) is 2. The molecule has 1 amide bonds. The molecule has 2 heterocycles. The van der Waals surface area contributed by atoms with Gasteiger partial charge in [0.2, 0.25) is 5.91 Å². The fourth-order valence-corrected chi connectivity index (χ4v) is 4.67. The average Bonchev–Trinajstić information content (AvgIpc) is 2.81. The Hall–Kier alpha value is -2.80. The van der Waals surface area contributed by atoms with E-state index in [0.29, 0.717) is 19.0 Å². The number of likely N-dealkylation sites (tertiary alicyclic amines) is 1. The van der Waals surface area contributed by atoms with Gasteiger partial charge in [0.05, 0.1) is 5.56 Å². The molecule has 0 aromatic heterocycles. The summed E-state index contributed by atoms with van der Waals surface area (Å²) in [5, 5.41) is 3.60. The molecule has 2 aromatic carbocycles. The van der Waals surface area contributed by atoms with Gasteiger partial charge in [-0.1, -0.05) is 18.7 Å². The second kappa shape index (κ2) is 9.59. The maximum Gasteiger partial charge on any atom is 0.416 e. The van der Waals surface area contributed by atoms with E-state index in [9.17, 15) is 18.0 Å². The van der Waals surface area contributed by atoms with E-state index < -0.39 is 11.7 Å². The molecule has 0 aliphatic carbocycles. The van der Waals surface area contributed by atoms with Crippen LogP contribution in [0.25, 0.3) is 11.1 Å². The molecule has 0 bridgehead atoms. The SMILES string of the molecule is C=CC(=O)N1CCc2cc(NCC3CCN(C)CC3)c(-c3ccc(C(F)(F)F)cc3)cc2C1. The predicted octanol–water partition coefficient (Wildman–Crippen LogP) is 5.20. The van der Waals surface area contributed by atoms with Gasteiger partial charge in [-0.15, -0.1) is 0 Å². The Bertz CT molecular complexity index is 1010. The van der Waals surface area contributed by atoms with E-state index in [-0.39, 0.29) is 5.91 Å². The van der Waals surface area contributed by atoms with Gasteiger partial charge >= 0.3 is 6.18 Å². The highest BCUT2D eigenvalue weighted by molar-refractivity contribution is 5.87. The van der Waals surface area contributed by atoms with Crippen LogP contribution in [0.3, 0.4) is 0 Å². The van der Waals surface area contributed by atoms with Crippen LogP contribution in [0.1, 0.15) is 29.5 Å². The lowest BCUT2D eigenvalue weighted by atomic mass is 9.91. The molecule has 7 heteroatoms. The summed E-state index contributed by atoms with van der Waals surface area (Å²) in [7, 11) is 2.14. The van der Waals surface area contributed by atoms with Gasteiger partial charge in [-0.05, 0) is 92.3 Å². The molecule has 0 spiro atoms. The second-order valence-electron chi connectivity index (χ2n) is 9.08. The molecule has 0 atom stereocenters.